The maximum atomic E-state index is 9.92. The standard InChI is InChI=1S/C28H22BClN2O3/c30-27-18-24(33)15-19-13-14-23(17-25(19)27)32(21-8-2-1-3-9-21)22-10-6-7-20(16-22)31-28-12-5-4-11-26(28)29(34)35/h1-18,31,33-35H. The Morgan fingerprint density at radius 3 is 2.20 bits per heavy atom. The van der Waals surface area contributed by atoms with E-state index in [0.29, 0.717) is 16.2 Å². The lowest BCUT2D eigenvalue weighted by Crippen LogP contribution is -2.31. The van der Waals surface area contributed by atoms with E-state index < -0.39 is 7.12 Å². The van der Waals surface area contributed by atoms with Crippen molar-refractivity contribution in [2.45, 2.75) is 0 Å². The lowest BCUT2D eigenvalue weighted by Gasteiger charge is -2.26. The largest absolute Gasteiger partial charge is 0.508 e. The molecular formula is C28H22BClN2O3. The Morgan fingerprint density at radius 2 is 1.40 bits per heavy atom. The molecule has 0 aromatic heterocycles. The first-order valence-electron chi connectivity index (χ1n) is 11.1. The quantitative estimate of drug-likeness (QED) is 0.221. The van der Waals surface area contributed by atoms with E-state index in [9.17, 15) is 15.2 Å². The van der Waals surface area contributed by atoms with Crippen LogP contribution in [0.3, 0.4) is 0 Å². The molecule has 0 radical (unpaired) electrons. The number of hydrogen-bond donors (Lipinski definition) is 4. The fraction of sp³-hybridized carbons (Fsp3) is 0. The second kappa shape index (κ2) is 9.72. The third-order valence-corrected chi connectivity index (χ3v) is 6.08. The topological polar surface area (TPSA) is 76.0 Å². The Balaban J connectivity index is 1.60. The number of halogens is 1. The number of aromatic hydroxyl groups is 1. The van der Waals surface area contributed by atoms with E-state index in [-0.39, 0.29) is 5.75 Å². The monoisotopic (exact) mass is 480 g/mol. The lowest BCUT2D eigenvalue weighted by molar-refractivity contribution is 0.426. The van der Waals surface area contributed by atoms with E-state index >= 15 is 0 Å². The number of anilines is 5. The van der Waals surface area contributed by atoms with E-state index in [1.807, 2.05) is 78.9 Å². The van der Waals surface area contributed by atoms with Crippen LogP contribution in [0.2, 0.25) is 5.02 Å². The van der Waals surface area contributed by atoms with Crippen molar-refractivity contribution in [2.75, 3.05) is 10.2 Å². The summed E-state index contributed by atoms with van der Waals surface area (Å²) in [7, 11) is -1.58. The van der Waals surface area contributed by atoms with Gasteiger partial charge in [-0.15, -0.1) is 0 Å². The van der Waals surface area contributed by atoms with Crippen LogP contribution in [0.25, 0.3) is 10.8 Å². The fourth-order valence-corrected chi connectivity index (χ4v) is 4.44. The van der Waals surface area contributed by atoms with Crippen molar-refractivity contribution in [1.29, 1.82) is 0 Å². The summed E-state index contributed by atoms with van der Waals surface area (Å²) in [6, 6.07) is 34.1. The molecule has 0 saturated heterocycles. The van der Waals surface area contributed by atoms with Crippen molar-refractivity contribution in [1.82, 2.24) is 0 Å². The van der Waals surface area contributed by atoms with Gasteiger partial charge in [-0.1, -0.05) is 60.1 Å². The maximum absolute atomic E-state index is 9.92. The molecule has 0 amide bonds. The van der Waals surface area contributed by atoms with Gasteiger partial charge in [0.15, 0.2) is 0 Å². The molecule has 0 fully saturated rings. The summed E-state index contributed by atoms with van der Waals surface area (Å²) in [5.74, 6) is 0.127. The van der Waals surface area contributed by atoms with E-state index in [1.54, 1.807) is 24.3 Å². The molecule has 0 heterocycles. The summed E-state index contributed by atoms with van der Waals surface area (Å²) in [5.41, 5.74) is 4.57. The third kappa shape index (κ3) is 4.81. The van der Waals surface area contributed by atoms with Gasteiger partial charge in [0.1, 0.15) is 5.75 Å². The summed E-state index contributed by atoms with van der Waals surface area (Å²) in [6.45, 7) is 0. The summed E-state index contributed by atoms with van der Waals surface area (Å²) >= 11 is 6.46. The molecule has 35 heavy (non-hydrogen) atoms. The molecule has 0 atom stereocenters. The number of hydrogen-bond acceptors (Lipinski definition) is 5. The van der Waals surface area contributed by atoms with Crippen LogP contribution >= 0.6 is 11.6 Å². The average molecular weight is 481 g/mol. The van der Waals surface area contributed by atoms with Gasteiger partial charge in [0.25, 0.3) is 0 Å². The van der Waals surface area contributed by atoms with Crippen molar-refractivity contribution in [2.24, 2.45) is 0 Å². The molecule has 0 spiro atoms. The first kappa shape index (κ1) is 22.8. The molecule has 5 rings (SSSR count). The maximum Gasteiger partial charge on any atom is 0.490 e. The van der Waals surface area contributed by atoms with Crippen LogP contribution in [0.4, 0.5) is 28.4 Å². The highest BCUT2D eigenvalue weighted by Gasteiger charge is 2.17. The minimum Gasteiger partial charge on any atom is -0.508 e. The normalized spacial score (nSPS) is 10.8. The first-order valence-corrected chi connectivity index (χ1v) is 11.5. The van der Waals surface area contributed by atoms with Gasteiger partial charge in [-0.3, -0.25) is 0 Å². The number of rotatable bonds is 6. The SMILES string of the molecule is OB(O)c1ccccc1Nc1cccc(N(c2ccccc2)c2ccc3cc(O)cc(Cl)c3c2)c1. The zero-order valence-electron chi connectivity index (χ0n) is 18.6. The van der Waals surface area contributed by atoms with Crippen molar-refractivity contribution in [3.05, 3.63) is 114 Å². The number of benzene rings is 5. The fourth-order valence-electron chi connectivity index (χ4n) is 4.16. The molecule has 5 nitrogen and oxygen atoms in total. The second-order valence-electron chi connectivity index (χ2n) is 8.14. The van der Waals surface area contributed by atoms with Crippen molar-refractivity contribution >= 4 is 63.4 Å². The zero-order valence-corrected chi connectivity index (χ0v) is 19.4. The van der Waals surface area contributed by atoms with Crippen LogP contribution < -0.4 is 15.7 Å². The summed E-state index contributed by atoms with van der Waals surface area (Å²) in [5, 5.41) is 34.8. The Morgan fingerprint density at radius 1 is 0.686 bits per heavy atom. The van der Waals surface area contributed by atoms with E-state index in [2.05, 4.69) is 10.2 Å². The predicted octanol–water partition coefficient (Wildman–Crippen LogP) is 6.09. The number of nitrogens with one attached hydrogen (secondary N) is 1. The van der Waals surface area contributed by atoms with E-state index in [0.717, 1.165) is 33.5 Å². The molecule has 0 aliphatic rings. The van der Waals surface area contributed by atoms with Gasteiger partial charge in [-0.05, 0) is 66.0 Å². The van der Waals surface area contributed by atoms with Gasteiger partial charge >= 0.3 is 7.12 Å². The van der Waals surface area contributed by atoms with Crippen LogP contribution in [0.1, 0.15) is 0 Å². The highest BCUT2D eigenvalue weighted by Crippen LogP contribution is 2.39. The predicted molar refractivity (Wildman–Crippen MR) is 145 cm³/mol. The van der Waals surface area contributed by atoms with Gasteiger partial charge in [0.2, 0.25) is 0 Å². The Hall–Kier alpha value is -3.97. The van der Waals surface area contributed by atoms with Gasteiger partial charge < -0.3 is 25.4 Å². The molecule has 0 bridgehead atoms. The first-order chi connectivity index (χ1) is 17.0. The van der Waals surface area contributed by atoms with Crippen LogP contribution in [0.5, 0.6) is 5.75 Å². The number of para-hydroxylation sites is 2. The zero-order chi connectivity index (χ0) is 24.4. The molecule has 172 valence electrons. The van der Waals surface area contributed by atoms with Crippen molar-refractivity contribution in [3.63, 3.8) is 0 Å². The number of phenolic OH excluding ortho intramolecular Hbond substituents is 1. The van der Waals surface area contributed by atoms with Gasteiger partial charge in [-0.25, -0.2) is 0 Å². The van der Waals surface area contributed by atoms with Gasteiger partial charge in [-0.2, -0.15) is 0 Å². The second-order valence-corrected chi connectivity index (χ2v) is 8.55. The molecule has 0 aliphatic heterocycles. The molecular weight excluding hydrogens is 459 g/mol. The minimum atomic E-state index is -1.58. The Kier molecular flexibility index (Phi) is 6.34. The van der Waals surface area contributed by atoms with Gasteiger partial charge in [0.05, 0.1) is 5.02 Å². The van der Waals surface area contributed by atoms with Gasteiger partial charge in [0, 0.05) is 39.3 Å². The Labute approximate surface area is 208 Å². The highest BCUT2D eigenvalue weighted by molar-refractivity contribution is 6.60. The molecule has 5 aromatic carbocycles. The molecule has 5 aromatic rings. The Bertz CT molecular complexity index is 1490. The molecule has 0 saturated carbocycles. The lowest BCUT2D eigenvalue weighted by atomic mass is 9.79. The number of nitrogens with zero attached hydrogens (tertiary/aromatic N) is 1. The molecule has 0 unspecified atom stereocenters. The summed E-state index contributed by atoms with van der Waals surface area (Å²) in [4.78, 5) is 2.11. The molecule has 0 aliphatic carbocycles. The van der Waals surface area contributed by atoms with Crippen molar-refractivity contribution < 1.29 is 15.2 Å². The van der Waals surface area contributed by atoms with E-state index in [1.165, 1.54) is 6.07 Å². The van der Waals surface area contributed by atoms with Crippen LogP contribution in [-0.2, 0) is 0 Å². The van der Waals surface area contributed by atoms with Crippen LogP contribution in [-0.4, -0.2) is 22.3 Å². The minimum absolute atomic E-state index is 0.127. The van der Waals surface area contributed by atoms with E-state index in [4.69, 9.17) is 11.6 Å². The average Bonchev–Trinajstić information content (AvgIpc) is 2.86. The third-order valence-electron chi connectivity index (χ3n) is 5.77. The molecule has 4 N–H and O–H groups in total. The number of fused-ring (bicyclic) bond motifs is 1. The van der Waals surface area contributed by atoms with Crippen LogP contribution in [0, 0.1) is 0 Å². The van der Waals surface area contributed by atoms with Crippen LogP contribution in [0.15, 0.2) is 109 Å². The summed E-state index contributed by atoms with van der Waals surface area (Å²) in [6.07, 6.45) is 0. The van der Waals surface area contributed by atoms with Crippen molar-refractivity contribution in [3.8, 4) is 5.75 Å². The summed E-state index contributed by atoms with van der Waals surface area (Å²) < 4.78 is 0. The highest BCUT2D eigenvalue weighted by atomic mass is 35.5. The number of phenols is 1. The smallest absolute Gasteiger partial charge is 0.490 e. The molecule has 7 heteroatoms.